The van der Waals surface area contributed by atoms with Gasteiger partial charge in [-0.1, -0.05) is 6.08 Å². The van der Waals surface area contributed by atoms with Gasteiger partial charge < -0.3 is 0 Å². The van der Waals surface area contributed by atoms with E-state index in [0.717, 1.165) is 23.1 Å². The summed E-state index contributed by atoms with van der Waals surface area (Å²) in [6.45, 7) is 3.58. The first-order chi connectivity index (χ1) is 11.3. The lowest BCUT2D eigenvalue weighted by Crippen LogP contribution is -2.54. The molecule has 1 heterocycles. The van der Waals surface area contributed by atoms with Crippen LogP contribution in [0, 0.1) is 10.1 Å². The number of hydrogen-bond acceptors (Lipinski definition) is 6. The van der Waals surface area contributed by atoms with E-state index in [0.29, 0.717) is 0 Å². The van der Waals surface area contributed by atoms with Gasteiger partial charge in [-0.3, -0.25) is 34.7 Å². The number of hydrogen-bond donors (Lipinski definition) is 1. The van der Waals surface area contributed by atoms with Crippen LogP contribution in [0.5, 0.6) is 0 Å². The molecule has 1 aromatic carbocycles. The fraction of sp³-hybridized carbons (Fsp3) is 0.0667. The molecule has 1 aliphatic heterocycles. The van der Waals surface area contributed by atoms with Crippen LogP contribution in [0.3, 0.4) is 0 Å². The molecule has 1 saturated heterocycles. The summed E-state index contributed by atoms with van der Waals surface area (Å²) in [5, 5.41) is 12.8. The summed E-state index contributed by atoms with van der Waals surface area (Å²) >= 11 is 4.89. The molecule has 0 spiro atoms. The summed E-state index contributed by atoms with van der Waals surface area (Å²) in [7, 11) is 0. The molecule has 24 heavy (non-hydrogen) atoms. The first-order valence-electron chi connectivity index (χ1n) is 6.63. The van der Waals surface area contributed by atoms with E-state index in [2.05, 4.69) is 11.9 Å². The van der Waals surface area contributed by atoms with Crippen molar-refractivity contribution in [2.75, 3.05) is 6.54 Å². The third-order valence-corrected chi connectivity index (χ3v) is 3.46. The van der Waals surface area contributed by atoms with Crippen molar-refractivity contribution in [1.29, 1.82) is 0 Å². The molecule has 0 aromatic heterocycles. The third-order valence-electron chi connectivity index (χ3n) is 3.14. The Hall–Kier alpha value is -3.20. The molecule has 0 radical (unpaired) electrons. The SMILES string of the molecule is C=CCN1C(=O)/C(=C\C(=O)c2ccc([N+](=O)[O-])cc2)C(=O)NC1=S. The molecule has 1 aliphatic rings. The Morgan fingerprint density at radius 3 is 2.50 bits per heavy atom. The molecule has 2 amide bonds. The highest BCUT2D eigenvalue weighted by Gasteiger charge is 2.33. The number of allylic oxidation sites excluding steroid dienone is 1. The van der Waals surface area contributed by atoms with Gasteiger partial charge in [0.05, 0.1) is 4.92 Å². The number of ketones is 1. The Morgan fingerprint density at radius 2 is 1.96 bits per heavy atom. The molecule has 1 fully saturated rings. The lowest BCUT2D eigenvalue weighted by molar-refractivity contribution is -0.384. The summed E-state index contributed by atoms with van der Waals surface area (Å²) in [6, 6.07) is 4.81. The lowest BCUT2D eigenvalue weighted by atomic mass is 10.1. The monoisotopic (exact) mass is 345 g/mol. The number of carbonyl (C=O) groups excluding carboxylic acids is 3. The van der Waals surface area contributed by atoms with Crippen molar-refractivity contribution >= 4 is 40.6 Å². The highest BCUT2D eigenvalue weighted by atomic mass is 32.1. The predicted molar refractivity (Wildman–Crippen MR) is 88.2 cm³/mol. The van der Waals surface area contributed by atoms with E-state index in [9.17, 15) is 24.5 Å². The van der Waals surface area contributed by atoms with E-state index < -0.39 is 22.5 Å². The van der Waals surface area contributed by atoms with Gasteiger partial charge in [-0.2, -0.15) is 0 Å². The van der Waals surface area contributed by atoms with Crippen molar-refractivity contribution < 1.29 is 19.3 Å². The molecule has 0 atom stereocenters. The molecule has 0 saturated carbocycles. The maximum Gasteiger partial charge on any atom is 0.269 e. The number of amides is 2. The van der Waals surface area contributed by atoms with Gasteiger partial charge in [-0.25, -0.2) is 0 Å². The first-order valence-corrected chi connectivity index (χ1v) is 7.04. The highest BCUT2D eigenvalue weighted by molar-refractivity contribution is 7.80. The zero-order valence-corrected chi connectivity index (χ0v) is 13.0. The average Bonchev–Trinajstić information content (AvgIpc) is 2.55. The van der Waals surface area contributed by atoms with E-state index in [1.54, 1.807) is 0 Å². The van der Waals surface area contributed by atoms with E-state index in [1.165, 1.54) is 18.2 Å². The largest absolute Gasteiger partial charge is 0.298 e. The number of nitro benzene ring substituents is 1. The Balaban J connectivity index is 2.30. The minimum atomic E-state index is -0.777. The highest BCUT2D eigenvalue weighted by Crippen LogP contribution is 2.15. The van der Waals surface area contributed by atoms with Gasteiger partial charge in [0.1, 0.15) is 5.57 Å². The molecule has 1 aromatic rings. The maximum absolute atomic E-state index is 12.3. The topological polar surface area (TPSA) is 110 Å². The van der Waals surface area contributed by atoms with Gasteiger partial charge >= 0.3 is 0 Å². The normalized spacial score (nSPS) is 16.1. The van der Waals surface area contributed by atoms with E-state index >= 15 is 0 Å². The van der Waals surface area contributed by atoms with Gasteiger partial charge in [0.2, 0.25) is 0 Å². The minimum absolute atomic E-state index is 0.0650. The van der Waals surface area contributed by atoms with Crippen molar-refractivity contribution in [1.82, 2.24) is 10.2 Å². The third kappa shape index (κ3) is 3.41. The second-order valence-electron chi connectivity index (χ2n) is 4.69. The van der Waals surface area contributed by atoms with Crippen molar-refractivity contribution in [2.45, 2.75) is 0 Å². The van der Waals surface area contributed by atoms with Crippen LogP contribution in [0.1, 0.15) is 10.4 Å². The summed E-state index contributed by atoms with van der Waals surface area (Å²) < 4.78 is 0. The number of nitrogens with one attached hydrogen (secondary N) is 1. The summed E-state index contributed by atoms with van der Waals surface area (Å²) in [6.07, 6.45) is 2.31. The van der Waals surface area contributed by atoms with Crippen molar-refractivity contribution in [3.8, 4) is 0 Å². The first kappa shape index (κ1) is 17.2. The zero-order chi connectivity index (χ0) is 17.9. The predicted octanol–water partition coefficient (Wildman–Crippen LogP) is 1.13. The van der Waals surface area contributed by atoms with Crippen LogP contribution in [0.4, 0.5) is 5.69 Å². The number of carbonyl (C=O) groups is 3. The maximum atomic E-state index is 12.3. The molecule has 9 heteroatoms. The summed E-state index contributed by atoms with van der Waals surface area (Å²) in [4.78, 5) is 47.4. The van der Waals surface area contributed by atoms with Crippen molar-refractivity contribution in [3.05, 3.63) is 64.2 Å². The van der Waals surface area contributed by atoms with Crippen LogP contribution < -0.4 is 5.32 Å². The fourth-order valence-electron chi connectivity index (χ4n) is 1.95. The van der Waals surface area contributed by atoms with Crippen LogP contribution in [0.15, 0.2) is 48.6 Å². The van der Waals surface area contributed by atoms with Crippen LogP contribution in [-0.4, -0.2) is 39.1 Å². The number of rotatable bonds is 5. The van der Waals surface area contributed by atoms with Crippen LogP contribution in [-0.2, 0) is 9.59 Å². The molecule has 122 valence electrons. The Labute approximate surface area is 141 Å². The Morgan fingerprint density at radius 1 is 1.33 bits per heavy atom. The Bertz CT molecular complexity index is 798. The number of nitro groups is 1. The van der Waals surface area contributed by atoms with Gasteiger partial charge in [0.15, 0.2) is 10.9 Å². The van der Waals surface area contributed by atoms with Crippen LogP contribution in [0.25, 0.3) is 0 Å². The number of benzene rings is 1. The van der Waals surface area contributed by atoms with E-state index in [-0.39, 0.29) is 28.5 Å². The van der Waals surface area contributed by atoms with Gasteiger partial charge in [-0.15, -0.1) is 6.58 Å². The molecule has 2 rings (SSSR count). The summed E-state index contributed by atoms with van der Waals surface area (Å²) in [5.41, 5.74) is -0.431. The minimum Gasteiger partial charge on any atom is -0.298 e. The zero-order valence-electron chi connectivity index (χ0n) is 12.2. The molecular weight excluding hydrogens is 334 g/mol. The van der Waals surface area contributed by atoms with Gasteiger partial charge in [0.25, 0.3) is 17.5 Å². The lowest BCUT2D eigenvalue weighted by Gasteiger charge is -2.27. The molecule has 0 bridgehead atoms. The van der Waals surface area contributed by atoms with E-state index in [4.69, 9.17) is 12.2 Å². The molecular formula is C15H11N3O5S. The van der Waals surface area contributed by atoms with Gasteiger partial charge in [-0.05, 0) is 24.4 Å². The van der Waals surface area contributed by atoms with Gasteiger partial charge in [0, 0.05) is 30.3 Å². The average molecular weight is 345 g/mol. The molecule has 0 aliphatic carbocycles. The number of non-ortho nitro benzene ring substituents is 1. The second kappa shape index (κ2) is 6.92. The summed E-state index contributed by atoms with van der Waals surface area (Å²) in [5.74, 6) is -2.12. The van der Waals surface area contributed by atoms with E-state index in [1.807, 2.05) is 0 Å². The van der Waals surface area contributed by atoms with Crippen LogP contribution in [0.2, 0.25) is 0 Å². The number of nitrogens with zero attached hydrogens (tertiary/aromatic N) is 2. The molecule has 1 N–H and O–H groups in total. The van der Waals surface area contributed by atoms with Crippen molar-refractivity contribution in [2.24, 2.45) is 0 Å². The molecule has 0 unspecified atom stereocenters. The second-order valence-corrected chi connectivity index (χ2v) is 5.08. The number of thiocarbonyl (C=S) groups is 1. The molecule has 8 nitrogen and oxygen atoms in total. The Kier molecular flexibility index (Phi) is 4.95. The quantitative estimate of drug-likeness (QED) is 0.163. The standard InChI is InChI=1S/C15H11N3O5S/c1-2-7-17-14(21)11(13(20)16-15(17)24)8-12(19)9-3-5-10(6-4-9)18(22)23/h2-6,8H,1,7H2,(H,16,20,24)/b11-8-. The fourth-order valence-corrected chi connectivity index (χ4v) is 2.20. The smallest absolute Gasteiger partial charge is 0.269 e. The van der Waals surface area contributed by atoms with Crippen molar-refractivity contribution in [3.63, 3.8) is 0 Å². The van der Waals surface area contributed by atoms with Crippen LogP contribution >= 0.6 is 12.2 Å².